The molecule has 4 rings (SSSR count). The first-order valence-corrected chi connectivity index (χ1v) is 8.86. The second kappa shape index (κ2) is 6.30. The van der Waals surface area contributed by atoms with Gasteiger partial charge in [0.1, 0.15) is 0 Å². The van der Waals surface area contributed by atoms with Crippen molar-refractivity contribution in [3.05, 3.63) is 58.1 Å². The van der Waals surface area contributed by atoms with Crippen LogP contribution in [0, 0.1) is 5.92 Å². The first-order valence-electron chi connectivity index (χ1n) is 8.48. The van der Waals surface area contributed by atoms with Crippen molar-refractivity contribution in [2.45, 2.75) is 24.8 Å². The molecule has 24 heavy (non-hydrogen) atoms. The Hall–Kier alpha value is -1.71. The normalized spacial score (nSPS) is 25.0. The summed E-state index contributed by atoms with van der Waals surface area (Å²) in [6.07, 6.45) is 2.42. The fourth-order valence-corrected chi connectivity index (χ4v) is 4.60. The predicted molar refractivity (Wildman–Crippen MR) is 96.3 cm³/mol. The second-order valence-electron chi connectivity index (χ2n) is 6.57. The number of hydrogen-bond donors (Lipinski definition) is 1. The quantitative estimate of drug-likeness (QED) is 0.887. The van der Waals surface area contributed by atoms with Crippen LogP contribution < -0.4 is 14.8 Å². The number of rotatable bonds is 3. The Bertz CT molecular complexity index is 744. The van der Waals surface area contributed by atoms with Crippen molar-refractivity contribution in [3.8, 4) is 11.5 Å². The molecule has 3 unspecified atom stereocenters. The van der Waals surface area contributed by atoms with Gasteiger partial charge in [-0.25, -0.2) is 0 Å². The summed E-state index contributed by atoms with van der Waals surface area (Å²) in [7, 11) is 3.42. The summed E-state index contributed by atoms with van der Waals surface area (Å²) in [4.78, 5) is 0. The summed E-state index contributed by atoms with van der Waals surface area (Å²) < 4.78 is 11.3. The molecule has 0 aromatic heterocycles. The molecule has 0 radical (unpaired) electrons. The van der Waals surface area contributed by atoms with Gasteiger partial charge in [-0.1, -0.05) is 29.8 Å². The maximum Gasteiger partial charge on any atom is 0.164 e. The number of hydrogen-bond acceptors (Lipinski definition) is 3. The minimum Gasteiger partial charge on any atom is -0.493 e. The third-order valence-corrected chi connectivity index (χ3v) is 5.68. The van der Waals surface area contributed by atoms with Gasteiger partial charge >= 0.3 is 0 Å². The van der Waals surface area contributed by atoms with E-state index in [-0.39, 0.29) is 0 Å². The molecule has 2 aromatic rings. The van der Waals surface area contributed by atoms with E-state index in [1.54, 1.807) is 14.2 Å². The van der Waals surface area contributed by atoms with Gasteiger partial charge in [0.25, 0.3) is 0 Å². The highest BCUT2D eigenvalue weighted by atomic mass is 35.5. The molecule has 0 saturated carbocycles. The van der Waals surface area contributed by atoms with Crippen LogP contribution in [0.15, 0.2) is 36.4 Å². The van der Waals surface area contributed by atoms with Crippen molar-refractivity contribution in [3.63, 3.8) is 0 Å². The van der Waals surface area contributed by atoms with Gasteiger partial charge in [-0.15, -0.1) is 0 Å². The zero-order chi connectivity index (χ0) is 16.7. The van der Waals surface area contributed by atoms with Crippen molar-refractivity contribution >= 4 is 11.6 Å². The molecule has 2 aromatic carbocycles. The highest BCUT2D eigenvalue weighted by molar-refractivity contribution is 6.30. The average molecular weight is 344 g/mol. The summed E-state index contributed by atoms with van der Waals surface area (Å²) in [6.45, 7) is 1.07. The SMILES string of the molecule is COc1ccc2c(c1OC)C(c1ccc(Cl)cc1)C1CCCNC21. The van der Waals surface area contributed by atoms with Gasteiger partial charge < -0.3 is 14.8 Å². The van der Waals surface area contributed by atoms with Gasteiger partial charge in [-0.3, -0.25) is 0 Å². The Balaban J connectivity index is 1.91. The Labute approximate surface area is 147 Å². The maximum atomic E-state index is 6.11. The molecule has 1 heterocycles. The van der Waals surface area contributed by atoms with Crippen LogP contribution in [-0.4, -0.2) is 20.8 Å². The Kier molecular flexibility index (Phi) is 4.15. The van der Waals surface area contributed by atoms with Gasteiger partial charge in [0.15, 0.2) is 11.5 Å². The molecule has 1 saturated heterocycles. The van der Waals surface area contributed by atoms with Crippen molar-refractivity contribution in [1.82, 2.24) is 5.32 Å². The number of benzene rings is 2. The highest BCUT2D eigenvalue weighted by Crippen LogP contribution is 2.56. The topological polar surface area (TPSA) is 30.5 Å². The Morgan fingerprint density at radius 2 is 1.83 bits per heavy atom. The number of nitrogens with one attached hydrogen (secondary N) is 1. The minimum absolute atomic E-state index is 0.306. The fraction of sp³-hybridized carbons (Fsp3) is 0.400. The number of halogens is 1. The largest absolute Gasteiger partial charge is 0.493 e. The Morgan fingerprint density at radius 3 is 2.54 bits per heavy atom. The molecular formula is C20H22ClNO2. The molecule has 3 nitrogen and oxygen atoms in total. The van der Waals surface area contributed by atoms with Gasteiger partial charge in [-0.2, -0.15) is 0 Å². The van der Waals surface area contributed by atoms with Crippen molar-refractivity contribution in [2.24, 2.45) is 5.92 Å². The van der Waals surface area contributed by atoms with Crippen LogP contribution in [0.5, 0.6) is 11.5 Å². The molecule has 0 amide bonds. The molecule has 0 spiro atoms. The molecular weight excluding hydrogens is 322 g/mol. The summed E-state index contributed by atoms with van der Waals surface area (Å²) in [5.41, 5.74) is 3.91. The number of fused-ring (bicyclic) bond motifs is 3. The van der Waals surface area contributed by atoms with Crippen LogP contribution >= 0.6 is 11.6 Å². The van der Waals surface area contributed by atoms with E-state index in [1.165, 1.54) is 29.5 Å². The zero-order valence-electron chi connectivity index (χ0n) is 14.0. The molecule has 2 aliphatic rings. The third kappa shape index (κ3) is 2.38. The lowest BCUT2D eigenvalue weighted by Gasteiger charge is -2.31. The summed E-state index contributed by atoms with van der Waals surface area (Å²) in [5, 5.41) is 4.49. The van der Waals surface area contributed by atoms with Crippen LogP contribution in [0.2, 0.25) is 5.02 Å². The standard InChI is InChI=1S/C20H22ClNO2/c1-23-16-10-9-15-18(20(16)24-2)17(12-5-7-13(21)8-6-12)14-4-3-11-22-19(14)15/h5-10,14,17,19,22H,3-4,11H2,1-2H3. The number of ether oxygens (including phenoxy) is 2. The second-order valence-corrected chi connectivity index (χ2v) is 7.01. The van der Waals surface area contributed by atoms with Crippen LogP contribution in [0.1, 0.15) is 41.5 Å². The van der Waals surface area contributed by atoms with E-state index in [0.29, 0.717) is 17.9 Å². The lowest BCUT2D eigenvalue weighted by atomic mass is 9.80. The van der Waals surface area contributed by atoms with Gasteiger partial charge in [0.05, 0.1) is 14.2 Å². The molecule has 1 fully saturated rings. The molecule has 0 bridgehead atoms. The fourth-order valence-electron chi connectivity index (χ4n) is 4.47. The molecule has 3 atom stereocenters. The van der Waals surface area contributed by atoms with E-state index in [1.807, 2.05) is 18.2 Å². The van der Waals surface area contributed by atoms with Gasteiger partial charge in [0, 0.05) is 22.5 Å². The third-order valence-electron chi connectivity index (χ3n) is 5.43. The van der Waals surface area contributed by atoms with Gasteiger partial charge in [-0.05, 0) is 54.6 Å². The van der Waals surface area contributed by atoms with Gasteiger partial charge in [0.2, 0.25) is 0 Å². The first kappa shape index (κ1) is 15.8. The summed E-state index contributed by atoms with van der Waals surface area (Å²) in [5.74, 6) is 2.51. The number of piperidine rings is 1. The van der Waals surface area contributed by atoms with Crippen LogP contribution in [0.4, 0.5) is 0 Å². The maximum absolute atomic E-state index is 6.11. The minimum atomic E-state index is 0.306. The first-order chi connectivity index (χ1) is 11.7. The number of methoxy groups -OCH3 is 2. The lowest BCUT2D eigenvalue weighted by molar-refractivity contribution is 0.285. The molecule has 4 heteroatoms. The van der Waals surface area contributed by atoms with E-state index >= 15 is 0 Å². The highest BCUT2D eigenvalue weighted by Gasteiger charge is 2.44. The summed E-state index contributed by atoms with van der Waals surface area (Å²) >= 11 is 6.11. The van der Waals surface area contributed by atoms with Crippen molar-refractivity contribution < 1.29 is 9.47 Å². The van der Waals surface area contributed by atoms with E-state index in [2.05, 4.69) is 23.5 Å². The predicted octanol–water partition coefficient (Wildman–Crippen LogP) is 4.54. The smallest absolute Gasteiger partial charge is 0.164 e. The monoisotopic (exact) mass is 343 g/mol. The zero-order valence-corrected chi connectivity index (χ0v) is 14.8. The molecule has 126 valence electrons. The average Bonchev–Trinajstić information content (AvgIpc) is 2.96. The Morgan fingerprint density at radius 1 is 1.04 bits per heavy atom. The van der Waals surface area contributed by atoms with E-state index in [9.17, 15) is 0 Å². The van der Waals surface area contributed by atoms with Crippen molar-refractivity contribution in [1.29, 1.82) is 0 Å². The molecule has 1 aliphatic carbocycles. The molecule has 1 aliphatic heterocycles. The summed E-state index contributed by atoms with van der Waals surface area (Å²) in [6, 6.07) is 12.9. The molecule has 1 N–H and O–H groups in total. The lowest BCUT2D eigenvalue weighted by Crippen LogP contribution is -2.32. The van der Waals surface area contributed by atoms with E-state index in [4.69, 9.17) is 21.1 Å². The van der Waals surface area contributed by atoms with Crippen LogP contribution in [0.25, 0.3) is 0 Å². The van der Waals surface area contributed by atoms with Crippen LogP contribution in [0.3, 0.4) is 0 Å². The van der Waals surface area contributed by atoms with Crippen molar-refractivity contribution in [2.75, 3.05) is 20.8 Å². The van der Waals surface area contributed by atoms with Crippen LogP contribution in [-0.2, 0) is 0 Å². The van der Waals surface area contributed by atoms with E-state index < -0.39 is 0 Å². The van der Waals surface area contributed by atoms with E-state index in [0.717, 1.165) is 23.1 Å².